The zero-order chi connectivity index (χ0) is 19.4. The summed E-state index contributed by atoms with van der Waals surface area (Å²) in [6.07, 6.45) is -0.136. The second-order valence-corrected chi connectivity index (χ2v) is 6.84. The number of benzene rings is 2. The van der Waals surface area contributed by atoms with E-state index in [2.05, 4.69) is 5.32 Å². The number of rotatable bonds is 4. The molecule has 1 heterocycles. The maximum Gasteiger partial charge on any atom is 0.335 e. The number of carboxylic acid groups (broad SMARTS) is 1. The van der Waals surface area contributed by atoms with Crippen LogP contribution in [0.5, 0.6) is 0 Å². The van der Waals surface area contributed by atoms with Crippen LogP contribution in [0.15, 0.2) is 48.5 Å². The third-order valence-corrected chi connectivity index (χ3v) is 4.87. The maximum atomic E-state index is 12.7. The smallest absolute Gasteiger partial charge is 0.335 e. The molecule has 1 aliphatic heterocycles. The molecule has 27 heavy (non-hydrogen) atoms. The molecule has 2 aromatic rings. The molecule has 0 saturated carbocycles. The van der Waals surface area contributed by atoms with Gasteiger partial charge in [-0.05, 0) is 42.7 Å². The Bertz CT molecular complexity index is 819. The topological polar surface area (TPSA) is 78.9 Å². The molecule has 3 rings (SSSR count). The van der Waals surface area contributed by atoms with E-state index in [4.69, 9.17) is 9.84 Å². The minimum absolute atomic E-state index is 0.0142. The van der Waals surface area contributed by atoms with Crippen molar-refractivity contribution >= 4 is 12.0 Å². The third kappa shape index (κ3) is 4.46. The minimum atomic E-state index is -0.963. The first-order valence-electron chi connectivity index (χ1n) is 8.99. The van der Waals surface area contributed by atoms with Gasteiger partial charge in [-0.2, -0.15) is 0 Å². The van der Waals surface area contributed by atoms with Crippen molar-refractivity contribution in [3.63, 3.8) is 0 Å². The van der Waals surface area contributed by atoms with Crippen LogP contribution < -0.4 is 5.32 Å². The number of urea groups is 1. The monoisotopic (exact) mass is 368 g/mol. The van der Waals surface area contributed by atoms with E-state index in [0.717, 1.165) is 16.7 Å². The SMILES string of the molecule is Cc1ccccc1C1CN(C(=O)NCc2ccc(C(=O)O)cc2)C(C)CO1. The van der Waals surface area contributed by atoms with Gasteiger partial charge in [0, 0.05) is 6.54 Å². The normalized spacial score (nSPS) is 19.6. The standard InChI is InChI=1S/C21H24N2O4/c1-14-5-3-4-6-18(14)19-12-23(15(2)13-27-19)21(26)22-11-16-7-9-17(10-8-16)20(24)25/h3-10,15,19H,11-13H2,1-2H3,(H,22,26)(H,24,25). The lowest BCUT2D eigenvalue weighted by Gasteiger charge is -2.38. The Balaban J connectivity index is 1.62. The first-order chi connectivity index (χ1) is 13.0. The van der Waals surface area contributed by atoms with Gasteiger partial charge in [-0.25, -0.2) is 9.59 Å². The molecule has 6 heteroatoms. The second-order valence-electron chi connectivity index (χ2n) is 6.84. The molecule has 0 radical (unpaired) electrons. The molecule has 0 spiro atoms. The summed E-state index contributed by atoms with van der Waals surface area (Å²) < 4.78 is 5.96. The number of morpholine rings is 1. The van der Waals surface area contributed by atoms with Crippen LogP contribution in [0.2, 0.25) is 0 Å². The number of carboxylic acids is 1. The molecule has 0 aromatic heterocycles. The van der Waals surface area contributed by atoms with E-state index in [9.17, 15) is 9.59 Å². The average molecular weight is 368 g/mol. The summed E-state index contributed by atoms with van der Waals surface area (Å²) in [5.41, 5.74) is 3.33. The zero-order valence-electron chi connectivity index (χ0n) is 15.5. The van der Waals surface area contributed by atoms with Crippen LogP contribution in [-0.2, 0) is 11.3 Å². The van der Waals surface area contributed by atoms with Gasteiger partial charge in [0.25, 0.3) is 0 Å². The van der Waals surface area contributed by atoms with E-state index in [-0.39, 0.29) is 23.7 Å². The molecule has 0 aliphatic carbocycles. The largest absolute Gasteiger partial charge is 0.478 e. The van der Waals surface area contributed by atoms with Crippen molar-refractivity contribution < 1.29 is 19.4 Å². The summed E-state index contributed by atoms with van der Waals surface area (Å²) in [4.78, 5) is 25.4. The van der Waals surface area contributed by atoms with Gasteiger partial charge in [0.2, 0.25) is 0 Å². The molecule has 2 atom stereocenters. The average Bonchev–Trinajstić information content (AvgIpc) is 2.67. The third-order valence-electron chi connectivity index (χ3n) is 4.87. The lowest BCUT2D eigenvalue weighted by atomic mass is 10.0. The van der Waals surface area contributed by atoms with E-state index in [1.807, 2.05) is 38.1 Å². The Morgan fingerprint density at radius 2 is 1.89 bits per heavy atom. The molecular weight excluding hydrogens is 344 g/mol. The lowest BCUT2D eigenvalue weighted by molar-refractivity contribution is -0.0430. The van der Waals surface area contributed by atoms with Crippen LogP contribution in [0.25, 0.3) is 0 Å². The molecule has 0 bridgehead atoms. The molecule has 1 fully saturated rings. The van der Waals surface area contributed by atoms with E-state index in [1.54, 1.807) is 17.0 Å². The lowest BCUT2D eigenvalue weighted by Crippen LogP contribution is -2.51. The summed E-state index contributed by atoms with van der Waals surface area (Å²) in [5, 5.41) is 11.9. The molecule has 1 saturated heterocycles. The van der Waals surface area contributed by atoms with Gasteiger partial charge in [0.05, 0.1) is 24.8 Å². The summed E-state index contributed by atoms with van der Waals surface area (Å²) in [7, 11) is 0. The fourth-order valence-electron chi connectivity index (χ4n) is 3.22. The number of ether oxygens (including phenoxy) is 1. The number of aryl methyl sites for hydroxylation is 1. The first-order valence-corrected chi connectivity index (χ1v) is 8.99. The Morgan fingerprint density at radius 1 is 1.19 bits per heavy atom. The van der Waals surface area contributed by atoms with Gasteiger partial charge in [-0.15, -0.1) is 0 Å². The molecule has 2 unspecified atom stereocenters. The van der Waals surface area contributed by atoms with Crippen molar-refractivity contribution in [3.05, 3.63) is 70.8 Å². The van der Waals surface area contributed by atoms with Crippen LogP contribution in [0.4, 0.5) is 4.79 Å². The quantitative estimate of drug-likeness (QED) is 0.867. The number of carbonyl (C=O) groups excluding carboxylic acids is 1. The predicted molar refractivity (Wildman–Crippen MR) is 102 cm³/mol. The van der Waals surface area contributed by atoms with Crippen molar-refractivity contribution in [1.29, 1.82) is 0 Å². The maximum absolute atomic E-state index is 12.7. The number of hydrogen-bond donors (Lipinski definition) is 2. The van der Waals surface area contributed by atoms with Crippen LogP contribution in [0, 0.1) is 6.92 Å². The summed E-state index contributed by atoms with van der Waals surface area (Å²) in [6.45, 7) is 5.34. The Labute approximate surface area is 158 Å². The fourth-order valence-corrected chi connectivity index (χ4v) is 3.22. The molecule has 2 N–H and O–H groups in total. The summed E-state index contributed by atoms with van der Waals surface area (Å²) in [5.74, 6) is -0.963. The van der Waals surface area contributed by atoms with E-state index >= 15 is 0 Å². The number of nitrogens with one attached hydrogen (secondary N) is 1. The minimum Gasteiger partial charge on any atom is -0.478 e. The van der Waals surface area contributed by atoms with Crippen LogP contribution in [0.1, 0.15) is 40.1 Å². The number of amides is 2. The number of hydrogen-bond acceptors (Lipinski definition) is 3. The molecule has 1 aliphatic rings. The van der Waals surface area contributed by atoms with Crippen molar-refractivity contribution in [3.8, 4) is 0 Å². The Hall–Kier alpha value is -2.86. The first kappa shape index (κ1) is 18.9. The Morgan fingerprint density at radius 3 is 2.56 bits per heavy atom. The highest BCUT2D eigenvalue weighted by Gasteiger charge is 2.30. The highest BCUT2D eigenvalue weighted by Crippen LogP contribution is 2.27. The fraction of sp³-hybridized carbons (Fsp3) is 0.333. The van der Waals surface area contributed by atoms with E-state index in [0.29, 0.717) is 19.7 Å². The van der Waals surface area contributed by atoms with E-state index in [1.165, 1.54) is 12.1 Å². The van der Waals surface area contributed by atoms with Crippen molar-refractivity contribution in [1.82, 2.24) is 10.2 Å². The van der Waals surface area contributed by atoms with Crippen LogP contribution >= 0.6 is 0 Å². The van der Waals surface area contributed by atoms with Crippen molar-refractivity contribution in [2.75, 3.05) is 13.2 Å². The van der Waals surface area contributed by atoms with Crippen molar-refractivity contribution in [2.45, 2.75) is 32.5 Å². The molecule has 2 amide bonds. The molecule has 6 nitrogen and oxygen atoms in total. The van der Waals surface area contributed by atoms with Crippen LogP contribution in [-0.4, -0.2) is 41.2 Å². The van der Waals surface area contributed by atoms with Crippen LogP contribution in [0.3, 0.4) is 0 Å². The Kier molecular flexibility index (Phi) is 5.76. The van der Waals surface area contributed by atoms with Gasteiger partial charge in [0.1, 0.15) is 6.10 Å². The zero-order valence-corrected chi connectivity index (χ0v) is 15.5. The van der Waals surface area contributed by atoms with Gasteiger partial charge in [-0.1, -0.05) is 36.4 Å². The number of aromatic carboxylic acids is 1. The predicted octanol–water partition coefficient (Wildman–Crippen LogP) is 3.36. The molecular formula is C21H24N2O4. The second kappa shape index (κ2) is 8.22. The van der Waals surface area contributed by atoms with E-state index < -0.39 is 5.97 Å². The highest BCUT2D eigenvalue weighted by atomic mass is 16.5. The number of nitrogens with zero attached hydrogens (tertiary/aromatic N) is 1. The summed E-state index contributed by atoms with van der Waals surface area (Å²) >= 11 is 0. The van der Waals surface area contributed by atoms with Gasteiger partial charge in [-0.3, -0.25) is 0 Å². The molecule has 142 valence electrons. The van der Waals surface area contributed by atoms with Gasteiger partial charge >= 0.3 is 12.0 Å². The number of carbonyl (C=O) groups is 2. The van der Waals surface area contributed by atoms with Gasteiger partial charge < -0.3 is 20.1 Å². The summed E-state index contributed by atoms with van der Waals surface area (Å²) in [6, 6.07) is 14.4. The van der Waals surface area contributed by atoms with Crippen molar-refractivity contribution in [2.24, 2.45) is 0 Å². The highest BCUT2D eigenvalue weighted by molar-refractivity contribution is 5.87. The van der Waals surface area contributed by atoms with Gasteiger partial charge in [0.15, 0.2) is 0 Å². The molecule has 2 aromatic carbocycles.